The van der Waals surface area contributed by atoms with E-state index in [-0.39, 0.29) is 0 Å². The van der Waals surface area contributed by atoms with Crippen LogP contribution in [0.4, 0.5) is 0 Å². The Morgan fingerprint density at radius 3 is 2.34 bits per heavy atom. The number of benzene rings is 2. The van der Waals surface area contributed by atoms with E-state index in [4.69, 9.17) is 11.4 Å². The van der Waals surface area contributed by atoms with Crippen LogP contribution in [0.5, 0.6) is 0 Å². The minimum absolute atomic E-state index is 0.695. The normalized spacial score (nSPS) is 10.8. The molecule has 0 aliphatic rings. The van der Waals surface area contributed by atoms with Crippen molar-refractivity contribution in [3.63, 3.8) is 0 Å². The SMILES string of the molecule is C#Cc1ccc(Cc2nccc(Cc3c(C)cc(Cn4ccnc4CC)cc3C)n2)cc1. The highest BCUT2D eigenvalue weighted by Crippen LogP contribution is 2.21. The van der Waals surface area contributed by atoms with Crippen molar-refractivity contribution in [3.05, 3.63) is 112 Å². The summed E-state index contributed by atoms with van der Waals surface area (Å²) in [5, 5.41) is 0. The maximum Gasteiger partial charge on any atom is 0.132 e. The number of hydrogen-bond donors (Lipinski definition) is 0. The van der Waals surface area contributed by atoms with Gasteiger partial charge in [-0.1, -0.05) is 37.1 Å². The molecule has 32 heavy (non-hydrogen) atoms. The summed E-state index contributed by atoms with van der Waals surface area (Å²) in [5.74, 6) is 4.60. The third-order valence-corrected chi connectivity index (χ3v) is 5.83. The first-order valence-corrected chi connectivity index (χ1v) is 11.0. The summed E-state index contributed by atoms with van der Waals surface area (Å²) < 4.78 is 2.22. The van der Waals surface area contributed by atoms with Gasteiger partial charge in [-0.25, -0.2) is 15.0 Å². The topological polar surface area (TPSA) is 43.6 Å². The molecule has 0 radical (unpaired) electrons. The Kier molecular flexibility index (Phi) is 6.47. The third-order valence-electron chi connectivity index (χ3n) is 5.83. The van der Waals surface area contributed by atoms with Crippen molar-refractivity contribution in [2.45, 2.75) is 46.6 Å². The van der Waals surface area contributed by atoms with Crippen LogP contribution >= 0.6 is 0 Å². The molecular formula is C28H28N4. The van der Waals surface area contributed by atoms with Gasteiger partial charge in [0.1, 0.15) is 11.6 Å². The monoisotopic (exact) mass is 420 g/mol. The summed E-state index contributed by atoms with van der Waals surface area (Å²) >= 11 is 0. The first kappa shape index (κ1) is 21.5. The van der Waals surface area contributed by atoms with Gasteiger partial charge in [0, 0.05) is 55.7 Å². The number of aryl methyl sites for hydroxylation is 3. The van der Waals surface area contributed by atoms with Gasteiger partial charge < -0.3 is 4.57 Å². The summed E-state index contributed by atoms with van der Waals surface area (Å²) in [6, 6.07) is 14.6. The number of aromatic nitrogens is 4. The molecule has 0 unspecified atom stereocenters. The fourth-order valence-electron chi connectivity index (χ4n) is 4.16. The summed E-state index contributed by atoms with van der Waals surface area (Å²) in [6.45, 7) is 7.37. The molecule has 0 saturated heterocycles. The molecule has 2 aromatic heterocycles. The Hall–Kier alpha value is -3.71. The average molecular weight is 421 g/mol. The summed E-state index contributed by atoms with van der Waals surface area (Å²) in [7, 11) is 0. The van der Waals surface area contributed by atoms with Crippen molar-refractivity contribution in [1.82, 2.24) is 19.5 Å². The van der Waals surface area contributed by atoms with Crippen molar-refractivity contribution < 1.29 is 0 Å². The highest BCUT2D eigenvalue weighted by atomic mass is 15.1. The van der Waals surface area contributed by atoms with Crippen molar-refractivity contribution in [2.75, 3.05) is 0 Å². The molecule has 4 nitrogen and oxygen atoms in total. The fourth-order valence-corrected chi connectivity index (χ4v) is 4.16. The van der Waals surface area contributed by atoms with Gasteiger partial charge in [0.2, 0.25) is 0 Å². The van der Waals surface area contributed by atoms with E-state index >= 15 is 0 Å². The van der Waals surface area contributed by atoms with Crippen molar-refractivity contribution in [2.24, 2.45) is 0 Å². The molecule has 0 N–H and O–H groups in total. The summed E-state index contributed by atoms with van der Waals surface area (Å²) in [4.78, 5) is 13.7. The number of rotatable bonds is 7. The minimum atomic E-state index is 0.695. The lowest BCUT2D eigenvalue weighted by atomic mass is 9.95. The van der Waals surface area contributed by atoms with Crippen LogP contribution in [-0.2, 0) is 25.8 Å². The highest BCUT2D eigenvalue weighted by molar-refractivity contribution is 5.40. The smallest absolute Gasteiger partial charge is 0.132 e. The molecule has 4 rings (SSSR count). The van der Waals surface area contributed by atoms with E-state index in [1.807, 2.05) is 42.7 Å². The maximum absolute atomic E-state index is 5.45. The Morgan fingerprint density at radius 2 is 1.66 bits per heavy atom. The highest BCUT2D eigenvalue weighted by Gasteiger charge is 2.10. The van der Waals surface area contributed by atoms with Crippen LogP contribution in [0.2, 0.25) is 0 Å². The van der Waals surface area contributed by atoms with E-state index in [0.29, 0.717) is 6.42 Å². The lowest BCUT2D eigenvalue weighted by Gasteiger charge is -2.14. The molecule has 0 aliphatic heterocycles. The minimum Gasteiger partial charge on any atom is -0.331 e. The predicted molar refractivity (Wildman–Crippen MR) is 129 cm³/mol. The van der Waals surface area contributed by atoms with E-state index in [9.17, 15) is 0 Å². The largest absolute Gasteiger partial charge is 0.331 e. The van der Waals surface area contributed by atoms with Crippen LogP contribution in [0.3, 0.4) is 0 Å². The second-order valence-corrected chi connectivity index (χ2v) is 8.19. The standard InChI is InChI=1S/C28H28N4/c1-5-22-7-9-23(10-8-22)17-27-29-12-11-25(31-27)18-26-20(3)15-24(16-21(26)4)19-32-14-13-30-28(32)6-2/h1,7-16H,6,17-19H2,2-4H3. The third kappa shape index (κ3) is 4.95. The van der Waals surface area contributed by atoms with Gasteiger partial charge in [0.15, 0.2) is 0 Å². The van der Waals surface area contributed by atoms with Crippen LogP contribution in [0, 0.1) is 26.2 Å². The molecule has 2 aromatic carbocycles. The number of imidazole rings is 1. The molecule has 0 spiro atoms. The van der Waals surface area contributed by atoms with E-state index in [1.165, 1.54) is 22.3 Å². The van der Waals surface area contributed by atoms with E-state index in [0.717, 1.165) is 47.9 Å². The van der Waals surface area contributed by atoms with Crippen molar-refractivity contribution >= 4 is 0 Å². The van der Waals surface area contributed by atoms with Gasteiger partial charge in [0.25, 0.3) is 0 Å². The van der Waals surface area contributed by atoms with Crippen LogP contribution in [0.1, 0.15) is 57.6 Å². The molecule has 160 valence electrons. The lowest BCUT2D eigenvalue weighted by molar-refractivity contribution is 0.730. The second kappa shape index (κ2) is 9.62. The zero-order chi connectivity index (χ0) is 22.5. The second-order valence-electron chi connectivity index (χ2n) is 8.19. The van der Waals surface area contributed by atoms with Gasteiger partial charge in [-0.05, 0) is 59.9 Å². The number of terminal acetylenes is 1. The molecule has 2 heterocycles. The number of hydrogen-bond acceptors (Lipinski definition) is 3. The Morgan fingerprint density at radius 1 is 0.906 bits per heavy atom. The van der Waals surface area contributed by atoms with Crippen LogP contribution < -0.4 is 0 Å². The summed E-state index contributed by atoms with van der Waals surface area (Å²) in [6.07, 6.45) is 13.7. The Labute approximate surface area is 190 Å². The van der Waals surface area contributed by atoms with Gasteiger partial charge in [-0.15, -0.1) is 6.42 Å². The van der Waals surface area contributed by atoms with Gasteiger partial charge in [-0.3, -0.25) is 0 Å². The zero-order valence-electron chi connectivity index (χ0n) is 19.0. The van der Waals surface area contributed by atoms with Crippen LogP contribution in [0.25, 0.3) is 0 Å². The molecular weight excluding hydrogens is 392 g/mol. The van der Waals surface area contributed by atoms with E-state index in [2.05, 4.69) is 59.6 Å². The van der Waals surface area contributed by atoms with E-state index < -0.39 is 0 Å². The Bertz CT molecular complexity index is 1240. The molecule has 4 heteroatoms. The first-order valence-electron chi connectivity index (χ1n) is 11.0. The van der Waals surface area contributed by atoms with Crippen LogP contribution in [0.15, 0.2) is 61.1 Å². The van der Waals surface area contributed by atoms with E-state index in [1.54, 1.807) is 0 Å². The first-order chi connectivity index (χ1) is 15.6. The average Bonchev–Trinajstić information content (AvgIpc) is 3.24. The zero-order valence-corrected chi connectivity index (χ0v) is 19.0. The van der Waals surface area contributed by atoms with Gasteiger partial charge in [0.05, 0.1) is 0 Å². The summed E-state index contributed by atoms with van der Waals surface area (Å²) in [5.41, 5.74) is 8.30. The maximum atomic E-state index is 5.45. The van der Waals surface area contributed by atoms with Crippen molar-refractivity contribution in [3.8, 4) is 12.3 Å². The van der Waals surface area contributed by atoms with Crippen molar-refractivity contribution in [1.29, 1.82) is 0 Å². The quantitative estimate of drug-likeness (QED) is 0.392. The Balaban J connectivity index is 1.51. The molecule has 0 atom stereocenters. The number of nitrogens with zero attached hydrogens (tertiary/aromatic N) is 4. The fraction of sp³-hybridized carbons (Fsp3) is 0.250. The van der Waals surface area contributed by atoms with Gasteiger partial charge in [-0.2, -0.15) is 0 Å². The molecule has 0 bridgehead atoms. The molecule has 0 fully saturated rings. The molecule has 4 aromatic rings. The van der Waals surface area contributed by atoms with Crippen LogP contribution in [-0.4, -0.2) is 19.5 Å². The lowest BCUT2D eigenvalue weighted by Crippen LogP contribution is -2.06. The molecule has 0 amide bonds. The van der Waals surface area contributed by atoms with Gasteiger partial charge >= 0.3 is 0 Å². The molecule has 0 aliphatic carbocycles. The molecule has 0 saturated carbocycles. The predicted octanol–water partition coefficient (Wildman–Crippen LogP) is 5.06.